The number of piperazine rings is 1. The molecule has 0 spiro atoms. The summed E-state index contributed by atoms with van der Waals surface area (Å²) in [5.74, 6) is 3.90. The first kappa shape index (κ1) is 20.3. The summed E-state index contributed by atoms with van der Waals surface area (Å²) >= 11 is 0. The first-order chi connectivity index (χ1) is 15.7. The highest BCUT2D eigenvalue weighted by molar-refractivity contribution is 5.78. The molecule has 0 bridgehead atoms. The molecule has 9 heteroatoms. The van der Waals surface area contributed by atoms with E-state index in [2.05, 4.69) is 20.0 Å². The zero-order chi connectivity index (χ0) is 21.9. The van der Waals surface area contributed by atoms with Gasteiger partial charge < -0.3 is 23.8 Å². The first-order valence-corrected chi connectivity index (χ1v) is 10.8. The highest BCUT2D eigenvalue weighted by Gasteiger charge is 2.30. The summed E-state index contributed by atoms with van der Waals surface area (Å²) in [6.07, 6.45) is 4.03. The number of carbonyl (C=O) groups is 1. The van der Waals surface area contributed by atoms with E-state index in [1.165, 1.54) is 0 Å². The number of benzene rings is 1. The maximum absolute atomic E-state index is 12.5. The van der Waals surface area contributed by atoms with Gasteiger partial charge in [0.25, 0.3) is 5.91 Å². The van der Waals surface area contributed by atoms with Gasteiger partial charge in [0, 0.05) is 49.9 Å². The minimum Gasteiger partial charge on any atom is -0.497 e. The number of amides is 1. The van der Waals surface area contributed by atoms with Crippen LogP contribution in [0, 0.1) is 0 Å². The molecular formula is C23H25N5O4. The fraction of sp³-hybridized carbons (Fsp3) is 0.391. The molecule has 1 amide bonds. The van der Waals surface area contributed by atoms with E-state index in [9.17, 15) is 4.79 Å². The molecule has 5 rings (SSSR count). The smallest absolute Gasteiger partial charge is 0.260 e. The van der Waals surface area contributed by atoms with Gasteiger partial charge in [-0.2, -0.15) is 4.98 Å². The Labute approximate surface area is 185 Å². The second-order valence-electron chi connectivity index (χ2n) is 7.97. The van der Waals surface area contributed by atoms with E-state index >= 15 is 0 Å². The Kier molecular flexibility index (Phi) is 5.62. The van der Waals surface area contributed by atoms with E-state index in [1.807, 2.05) is 35.2 Å². The molecule has 1 aliphatic heterocycles. The molecule has 0 N–H and O–H groups in total. The van der Waals surface area contributed by atoms with Gasteiger partial charge in [-0.3, -0.25) is 4.79 Å². The maximum Gasteiger partial charge on any atom is 0.260 e. The Bertz CT molecular complexity index is 1070. The molecule has 3 aromatic rings. The van der Waals surface area contributed by atoms with Crippen LogP contribution in [0.25, 0.3) is 11.4 Å². The summed E-state index contributed by atoms with van der Waals surface area (Å²) in [6.45, 7) is 2.68. The number of pyridine rings is 1. The summed E-state index contributed by atoms with van der Waals surface area (Å²) in [4.78, 5) is 25.6. The van der Waals surface area contributed by atoms with E-state index < -0.39 is 0 Å². The number of rotatable bonds is 7. The van der Waals surface area contributed by atoms with Crippen LogP contribution in [0.3, 0.4) is 0 Å². The molecule has 1 aromatic carbocycles. The molecule has 2 fully saturated rings. The van der Waals surface area contributed by atoms with Crippen LogP contribution < -0.4 is 14.4 Å². The van der Waals surface area contributed by atoms with Crippen molar-refractivity contribution in [1.82, 2.24) is 20.0 Å². The normalized spacial score (nSPS) is 16.2. The number of aromatic nitrogens is 3. The van der Waals surface area contributed by atoms with Crippen molar-refractivity contribution in [3.8, 4) is 22.9 Å². The lowest BCUT2D eigenvalue weighted by atomic mass is 10.2. The minimum absolute atomic E-state index is 0.00760. The van der Waals surface area contributed by atoms with E-state index in [0.29, 0.717) is 49.4 Å². The van der Waals surface area contributed by atoms with Gasteiger partial charge in [-0.15, -0.1) is 0 Å². The standard InChI is InChI=1S/C23H25N5O4/c1-30-18-3-2-4-19(13-18)31-15-21(29)28-11-9-27(10-12-28)20-8-7-17(14-24-20)22-25-23(32-26-22)16-5-6-16/h2-4,7-8,13-14,16H,5-6,9-12,15H2,1H3. The van der Waals surface area contributed by atoms with Crippen molar-refractivity contribution in [1.29, 1.82) is 0 Å². The molecular weight excluding hydrogens is 410 g/mol. The predicted octanol–water partition coefficient (Wildman–Crippen LogP) is 2.75. The summed E-state index contributed by atoms with van der Waals surface area (Å²) in [6, 6.07) is 11.2. The van der Waals surface area contributed by atoms with E-state index in [4.69, 9.17) is 14.0 Å². The van der Waals surface area contributed by atoms with Crippen LogP contribution in [0.15, 0.2) is 47.1 Å². The van der Waals surface area contributed by atoms with Crippen LogP contribution in [0.1, 0.15) is 24.7 Å². The number of methoxy groups -OCH3 is 1. The number of hydrogen-bond acceptors (Lipinski definition) is 8. The molecule has 1 aliphatic carbocycles. The van der Waals surface area contributed by atoms with Crippen LogP contribution in [0.4, 0.5) is 5.82 Å². The molecule has 2 aliphatic rings. The van der Waals surface area contributed by atoms with Gasteiger partial charge >= 0.3 is 0 Å². The molecule has 2 aromatic heterocycles. The number of hydrogen-bond donors (Lipinski definition) is 0. The quantitative estimate of drug-likeness (QED) is 0.559. The van der Waals surface area contributed by atoms with Crippen LogP contribution in [-0.4, -0.2) is 65.8 Å². The third-order valence-electron chi connectivity index (χ3n) is 5.73. The van der Waals surface area contributed by atoms with Gasteiger partial charge in [0.15, 0.2) is 6.61 Å². The third kappa shape index (κ3) is 4.51. The van der Waals surface area contributed by atoms with Crippen molar-refractivity contribution in [3.63, 3.8) is 0 Å². The fourth-order valence-electron chi connectivity index (χ4n) is 3.67. The molecule has 3 heterocycles. The zero-order valence-corrected chi connectivity index (χ0v) is 17.9. The summed E-state index contributed by atoms with van der Waals surface area (Å²) in [5, 5.41) is 4.07. The number of nitrogens with zero attached hydrogens (tertiary/aromatic N) is 5. The molecule has 0 unspecified atom stereocenters. The number of carbonyl (C=O) groups excluding carboxylic acids is 1. The number of ether oxygens (including phenoxy) is 2. The Morgan fingerprint density at radius 2 is 1.94 bits per heavy atom. The van der Waals surface area contributed by atoms with E-state index in [0.717, 1.165) is 30.1 Å². The summed E-state index contributed by atoms with van der Waals surface area (Å²) < 4.78 is 16.1. The lowest BCUT2D eigenvalue weighted by Gasteiger charge is -2.35. The molecule has 166 valence electrons. The molecule has 0 atom stereocenters. The van der Waals surface area contributed by atoms with E-state index in [1.54, 1.807) is 19.4 Å². The van der Waals surface area contributed by atoms with Gasteiger partial charge in [-0.1, -0.05) is 11.2 Å². The topological polar surface area (TPSA) is 93.8 Å². The van der Waals surface area contributed by atoms with Crippen molar-refractivity contribution >= 4 is 11.7 Å². The van der Waals surface area contributed by atoms with Crippen LogP contribution in [0.2, 0.25) is 0 Å². The monoisotopic (exact) mass is 435 g/mol. The van der Waals surface area contributed by atoms with Crippen molar-refractivity contribution in [2.75, 3.05) is 44.8 Å². The third-order valence-corrected chi connectivity index (χ3v) is 5.73. The first-order valence-electron chi connectivity index (χ1n) is 10.8. The second-order valence-corrected chi connectivity index (χ2v) is 7.97. The Morgan fingerprint density at radius 1 is 1.12 bits per heavy atom. The predicted molar refractivity (Wildman–Crippen MR) is 117 cm³/mol. The molecule has 1 saturated carbocycles. The van der Waals surface area contributed by atoms with Crippen molar-refractivity contribution < 1.29 is 18.8 Å². The molecule has 1 saturated heterocycles. The van der Waals surface area contributed by atoms with Gasteiger partial charge in [-0.25, -0.2) is 4.98 Å². The largest absolute Gasteiger partial charge is 0.497 e. The van der Waals surface area contributed by atoms with Crippen LogP contribution in [0.5, 0.6) is 11.5 Å². The summed E-state index contributed by atoms with van der Waals surface area (Å²) in [5.41, 5.74) is 0.841. The van der Waals surface area contributed by atoms with Crippen molar-refractivity contribution in [2.24, 2.45) is 0 Å². The highest BCUT2D eigenvalue weighted by Crippen LogP contribution is 2.39. The lowest BCUT2D eigenvalue weighted by molar-refractivity contribution is -0.133. The highest BCUT2D eigenvalue weighted by atomic mass is 16.5. The maximum atomic E-state index is 12.5. The van der Waals surface area contributed by atoms with Gasteiger partial charge in [0.2, 0.25) is 11.7 Å². The van der Waals surface area contributed by atoms with E-state index in [-0.39, 0.29) is 12.5 Å². The Morgan fingerprint density at radius 3 is 2.66 bits per heavy atom. The Hall–Kier alpha value is -3.62. The zero-order valence-electron chi connectivity index (χ0n) is 17.9. The average Bonchev–Trinajstić information content (AvgIpc) is 3.59. The number of anilines is 1. The van der Waals surface area contributed by atoms with Crippen molar-refractivity contribution in [2.45, 2.75) is 18.8 Å². The molecule has 0 radical (unpaired) electrons. The van der Waals surface area contributed by atoms with Gasteiger partial charge in [0.05, 0.1) is 7.11 Å². The van der Waals surface area contributed by atoms with Gasteiger partial charge in [-0.05, 0) is 37.1 Å². The minimum atomic E-state index is -0.0284. The SMILES string of the molecule is COc1cccc(OCC(=O)N2CCN(c3ccc(-c4noc(C5CC5)n4)cn3)CC2)c1. The average molecular weight is 435 g/mol. The molecule has 9 nitrogen and oxygen atoms in total. The fourth-order valence-corrected chi connectivity index (χ4v) is 3.67. The van der Waals surface area contributed by atoms with Gasteiger partial charge in [0.1, 0.15) is 17.3 Å². The van der Waals surface area contributed by atoms with Crippen LogP contribution >= 0.6 is 0 Å². The summed E-state index contributed by atoms with van der Waals surface area (Å²) in [7, 11) is 1.60. The van der Waals surface area contributed by atoms with Crippen molar-refractivity contribution in [3.05, 3.63) is 48.5 Å². The van der Waals surface area contributed by atoms with Crippen LogP contribution in [-0.2, 0) is 4.79 Å². The Balaban J connectivity index is 1.12. The molecule has 32 heavy (non-hydrogen) atoms. The second kappa shape index (κ2) is 8.86. The lowest BCUT2D eigenvalue weighted by Crippen LogP contribution is -2.50.